The summed E-state index contributed by atoms with van der Waals surface area (Å²) in [6, 6.07) is 30.9. The van der Waals surface area contributed by atoms with E-state index < -0.39 is 12.1 Å². The number of thiazole rings is 1. The van der Waals surface area contributed by atoms with Gasteiger partial charge >= 0.3 is 12.0 Å². The molecule has 0 aliphatic carbocycles. The van der Waals surface area contributed by atoms with Crippen LogP contribution in [0.4, 0.5) is 16.2 Å². The van der Waals surface area contributed by atoms with Gasteiger partial charge in [-0.2, -0.15) is 0 Å². The maximum absolute atomic E-state index is 13.9. The van der Waals surface area contributed by atoms with E-state index in [0.29, 0.717) is 39.6 Å². The Kier molecular flexibility index (Phi) is 9.35. The molecule has 4 aromatic carbocycles. The molecule has 0 saturated heterocycles. The average molecular weight is 646 g/mol. The maximum atomic E-state index is 13.9. The van der Waals surface area contributed by atoms with Crippen LogP contribution < -0.4 is 20.9 Å². The molecule has 3 N–H and O–H groups in total. The highest BCUT2D eigenvalue weighted by Gasteiger charge is 2.34. The van der Waals surface area contributed by atoms with Gasteiger partial charge in [-0.05, 0) is 35.4 Å². The zero-order chi connectivity index (χ0) is 32.8. The van der Waals surface area contributed by atoms with Gasteiger partial charge in [0.05, 0.1) is 12.2 Å². The number of fused-ring (bicyclic) bond motifs is 2. The molecular weight excluding hydrogens is 614 g/mol. The van der Waals surface area contributed by atoms with Gasteiger partial charge in [-0.3, -0.25) is 14.4 Å². The first-order valence-corrected chi connectivity index (χ1v) is 15.8. The van der Waals surface area contributed by atoms with Crippen molar-refractivity contribution in [3.63, 3.8) is 0 Å². The Morgan fingerprint density at radius 2 is 1.47 bits per heavy atom. The van der Waals surface area contributed by atoms with Gasteiger partial charge in [0, 0.05) is 47.8 Å². The third-order valence-corrected chi connectivity index (χ3v) is 8.38. The number of rotatable bonds is 9. The number of amides is 4. The number of anilines is 2. The number of nitrogens with one attached hydrogen (secondary N) is 3. The smallest absolute Gasteiger partial charge is 0.319 e. The molecule has 1 aromatic heterocycles. The van der Waals surface area contributed by atoms with Crippen molar-refractivity contribution in [2.45, 2.75) is 32.7 Å². The lowest BCUT2D eigenvalue weighted by Gasteiger charge is -2.23. The number of carbonyl (C=O) groups excluding carboxylic acids is 4. The van der Waals surface area contributed by atoms with Crippen LogP contribution in [0.3, 0.4) is 0 Å². The number of esters is 1. The summed E-state index contributed by atoms with van der Waals surface area (Å²) in [5.41, 5.74) is 5.04. The lowest BCUT2D eigenvalue weighted by Crippen LogP contribution is -2.30. The fraction of sp³-hybridized carbons (Fsp3) is 0.139. The fourth-order valence-electron chi connectivity index (χ4n) is 5.30. The van der Waals surface area contributed by atoms with E-state index in [1.165, 1.54) is 18.3 Å². The summed E-state index contributed by atoms with van der Waals surface area (Å²) >= 11 is 1.28. The summed E-state index contributed by atoms with van der Waals surface area (Å²) in [6.45, 7) is 2.15. The molecular formula is C36H31N5O5S. The standard InChI is InChI=1S/C36H31N5O5S/c1-23(42)46-33-27-11-5-6-12-28(27)35(44)41(31-14-8-7-13-29(31)33)21-32-40-30(22-47-32)34(43)37-19-25-15-17-26(18-16-25)39-36(45)38-20-24-9-3-2-4-10-24/h2-18,22,33H,19-21H2,1H3,(H,37,43)(H2,38,39,45). The lowest BCUT2D eigenvalue weighted by atomic mass is 9.97. The van der Waals surface area contributed by atoms with Gasteiger partial charge in [0.25, 0.3) is 11.8 Å². The number of benzene rings is 4. The Hall–Kier alpha value is -5.81. The van der Waals surface area contributed by atoms with E-state index in [1.807, 2.05) is 72.8 Å². The van der Waals surface area contributed by atoms with E-state index in [1.54, 1.807) is 40.6 Å². The minimum Gasteiger partial charge on any atom is -0.453 e. The van der Waals surface area contributed by atoms with Crippen molar-refractivity contribution in [2.75, 3.05) is 10.2 Å². The lowest BCUT2D eigenvalue weighted by molar-refractivity contribution is -0.144. The monoisotopic (exact) mass is 645 g/mol. The summed E-state index contributed by atoms with van der Waals surface area (Å²) in [4.78, 5) is 57.3. The molecule has 1 aliphatic heterocycles. The number of hydrogen-bond donors (Lipinski definition) is 3. The maximum Gasteiger partial charge on any atom is 0.319 e. The highest BCUT2D eigenvalue weighted by Crippen LogP contribution is 2.40. The molecule has 0 spiro atoms. The molecule has 47 heavy (non-hydrogen) atoms. The molecule has 236 valence electrons. The van der Waals surface area contributed by atoms with Crippen LogP contribution in [0.25, 0.3) is 0 Å². The van der Waals surface area contributed by atoms with Crippen LogP contribution in [0.15, 0.2) is 109 Å². The van der Waals surface area contributed by atoms with E-state index in [-0.39, 0.29) is 36.6 Å². The first-order valence-electron chi connectivity index (χ1n) is 14.9. The summed E-state index contributed by atoms with van der Waals surface area (Å²) < 4.78 is 5.71. The number of ether oxygens (including phenoxy) is 1. The van der Waals surface area contributed by atoms with Crippen LogP contribution in [0.1, 0.15) is 61.1 Å². The van der Waals surface area contributed by atoms with Gasteiger partial charge in [-0.1, -0.05) is 78.9 Å². The first kappa shape index (κ1) is 31.2. The largest absolute Gasteiger partial charge is 0.453 e. The van der Waals surface area contributed by atoms with Crippen LogP contribution in [-0.4, -0.2) is 28.8 Å². The molecule has 11 heteroatoms. The van der Waals surface area contributed by atoms with E-state index in [9.17, 15) is 19.2 Å². The first-order chi connectivity index (χ1) is 22.9. The summed E-state index contributed by atoms with van der Waals surface area (Å²) in [5.74, 6) is -1.06. The van der Waals surface area contributed by atoms with Crippen molar-refractivity contribution < 1.29 is 23.9 Å². The number of nitrogens with zero attached hydrogens (tertiary/aromatic N) is 2. The minimum absolute atomic E-state index is 0.127. The third-order valence-electron chi connectivity index (χ3n) is 7.55. The quantitative estimate of drug-likeness (QED) is 0.164. The fourth-order valence-corrected chi connectivity index (χ4v) is 6.07. The van der Waals surface area contributed by atoms with Crippen LogP contribution in [0, 0.1) is 0 Å². The number of para-hydroxylation sites is 1. The SMILES string of the molecule is CC(=O)OC1c2ccccc2C(=O)N(Cc2nc(C(=O)NCc3ccc(NC(=O)NCc4ccccc4)cc3)cs2)c2ccccc21. The minimum atomic E-state index is -0.742. The van der Waals surface area contributed by atoms with Gasteiger partial charge in [0.1, 0.15) is 10.7 Å². The van der Waals surface area contributed by atoms with E-state index >= 15 is 0 Å². The topological polar surface area (TPSA) is 130 Å². The molecule has 0 fully saturated rings. The van der Waals surface area contributed by atoms with E-state index in [2.05, 4.69) is 20.9 Å². The van der Waals surface area contributed by atoms with Gasteiger partial charge in [-0.15, -0.1) is 11.3 Å². The Morgan fingerprint density at radius 3 is 2.23 bits per heavy atom. The molecule has 1 atom stereocenters. The van der Waals surface area contributed by atoms with Crippen molar-refractivity contribution in [1.29, 1.82) is 0 Å². The molecule has 1 unspecified atom stereocenters. The highest BCUT2D eigenvalue weighted by atomic mass is 32.1. The normalized spacial score (nSPS) is 13.5. The van der Waals surface area contributed by atoms with Crippen molar-refractivity contribution in [2.24, 2.45) is 0 Å². The van der Waals surface area contributed by atoms with Crippen molar-refractivity contribution >= 4 is 46.5 Å². The molecule has 1 aliphatic rings. The van der Waals surface area contributed by atoms with Crippen LogP contribution >= 0.6 is 11.3 Å². The molecule has 0 saturated carbocycles. The van der Waals surface area contributed by atoms with Gasteiger partial charge in [0.2, 0.25) is 0 Å². The number of carbonyl (C=O) groups is 4. The number of hydrogen-bond acceptors (Lipinski definition) is 7. The Morgan fingerprint density at radius 1 is 0.809 bits per heavy atom. The number of aromatic nitrogens is 1. The van der Waals surface area contributed by atoms with Gasteiger partial charge in [-0.25, -0.2) is 9.78 Å². The molecule has 4 amide bonds. The summed E-state index contributed by atoms with van der Waals surface area (Å²) in [6.07, 6.45) is -0.742. The van der Waals surface area contributed by atoms with Gasteiger partial charge in [0.15, 0.2) is 6.10 Å². The zero-order valence-corrected chi connectivity index (χ0v) is 26.3. The summed E-state index contributed by atoms with van der Waals surface area (Å²) in [7, 11) is 0. The van der Waals surface area contributed by atoms with Crippen LogP contribution in [0.2, 0.25) is 0 Å². The van der Waals surface area contributed by atoms with Crippen LogP contribution in [-0.2, 0) is 29.2 Å². The van der Waals surface area contributed by atoms with E-state index in [4.69, 9.17) is 4.74 Å². The van der Waals surface area contributed by atoms with E-state index in [0.717, 1.165) is 11.1 Å². The van der Waals surface area contributed by atoms with Crippen molar-refractivity contribution in [1.82, 2.24) is 15.6 Å². The molecule has 0 radical (unpaired) electrons. The van der Waals surface area contributed by atoms with Crippen molar-refractivity contribution in [3.8, 4) is 0 Å². The Balaban J connectivity index is 1.09. The predicted molar refractivity (Wildman–Crippen MR) is 179 cm³/mol. The zero-order valence-electron chi connectivity index (χ0n) is 25.4. The highest BCUT2D eigenvalue weighted by molar-refractivity contribution is 7.09. The molecule has 2 heterocycles. The second-order valence-corrected chi connectivity index (χ2v) is 11.8. The Labute approximate surface area is 275 Å². The third kappa shape index (κ3) is 7.37. The second-order valence-electron chi connectivity index (χ2n) is 10.8. The van der Waals surface area contributed by atoms with Crippen LogP contribution in [0.5, 0.6) is 0 Å². The second kappa shape index (κ2) is 14.1. The molecule has 5 aromatic rings. The predicted octanol–water partition coefficient (Wildman–Crippen LogP) is 6.21. The Bertz CT molecular complexity index is 1930. The average Bonchev–Trinajstić information content (AvgIpc) is 3.54. The van der Waals surface area contributed by atoms with Gasteiger partial charge < -0.3 is 25.6 Å². The summed E-state index contributed by atoms with van der Waals surface area (Å²) in [5, 5.41) is 10.7. The number of urea groups is 1. The molecule has 6 rings (SSSR count). The van der Waals surface area contributed by atoms with Crippen molar-refractivity contribution in [3.05, 3.63) is 147 Å². The molecule has 0 bridgehead atoms. The molecule has 10 nitrogen and oxygen atoms in total.